The highest BCUT2D eigenvalue weighted by atomic mass is 19.3. The summed E-state index contributed by atoms with van der Waals surface area (Å²) >= 11 is 0. The predicted molar refractivity (Wildman–Crippen MR) is 132 cm³/mol. The van der Waals surface area contributed by atoms with E-state index in [2.05, 4.69) is 20.3 Å². The summed E-state index contributed by atoms with van der Waals surface area (Å²) in [6.45, 7) is 5.09. The number of aromatic nitrogens is 3. The Balaban J connectivity index is 1.75. The van der Waals surface area contributed by atoms with Crippen LogP contribution in [-0.2, 0) is 4.79 Å². The summed E-state index contributed by atoms with van der Waals surface area (Å²) in [6.07, 6.45) is -0.632. The number of rotatable bonds is 8. The van der Waals surface area contributed by atoms with E-state index in [-0.39, 0.29) is 12.1 Å². The van der Waals surface area contributed by atoms with Gasteiger partial charge in [0.15, 0.2) is 12.3 Å². The molecule has 1 N–H and O–H groups in total. The second-order valence-corrected chi connectivity index (χ2v) is 8.63. The molecule has 0 bridgehead atoms. The van der Waals surface area contributed by atoms with Gasteiger partial charge in [0, 0.05) is 24.2 Å². The summed E-state index contributed by atoms with van der Waals surface area (Å²) in [5.74, 6) is -0.406. The van der Waals surface area contributed by atoms with Gasteiger partial charge in [0.25, 0.3) is 12.3 Å². The fourth-order valence-corrected chi connectivity index (χ4v) is 4.31. The molecule has 3 aromatic rings. The van der Waals surface area contributed by atoms with Gasteiger partial charge in [-0.25, -0.2) is 27.5 Å². The third kappa shape index (κ3) is 5.50. The van der Waals surface area contributed by atoms with Crippen molar-refractivity contribution in [2.24, 2.45) is 0 Å². The lowest BCUT2D eigenvalue weighted by molar-refractivity contribution is -0.131. The van der Waals surface area contributed by atoms with Crippen molar-refractivity contribution in [2.75, 3.05) is 31.7 Å². The van der Waals surface area contributed by atoms with E-state index in [9.17, 15) is 22.4 Å². The van der Waals surface area contributed by atoms with E-state index in [4.69, 9.17) is 4.74 Å². The highest BCUT2D eigenvalue weighted by Gasteiger charge is 2.24. The number of carbonyl (C=O) groups excluding carboxylic acids is 1. The first kappa shape index (κ1) is 26.3. The number of fused-ring (bicyclic) bond motifs is 1. The number of aryl methyl sites for hydroxylation is 1. The topological polar surface area (TPSA) is 80.2 Å². The molecule has 3 heterocycles. The van der Waals surface area contributed by atoms with Gasteiger partial charge in [-0.3, -0.25) is 4.79 Å². The van der Waals surface area contributed by atoms with Crippen LogP contribution in [-0.4, -0.2) is 52.1 Å². The Kier molecular flexibility index (Phi) is 7.89. The number of pyridine rings is 1. The normalized spacial score (nSPS) is 14.6. The molecule has 0 aliphatic carbocycles. The second kappa shape index (κ2) is 11.1. The molecule has 4 rings (SSSR count). The van der Waals surface area contributed by atoms with Crippen LogP contribution in [0.25, 0.3) is 16.6 Å². The fourth-order valence-electron chi connectivity index (χ4n) is 4.31. The van der Waals surface area contributed by atoms with Gasteiger partial charge in [0.2, 0.25) is 5.88 Å². The molecule has 1 atom stereocenters. The average Bonchev–Trinajstić information content (AvgIpc) is 2.88. The van der Waals surface area contributed by atoms with Crippen LogP contribution in [0.5, 0.6) is 5.88 Å². The predicted octanol–water partition coefficient (Wildman–Crippen LogP) is 5.57. The molecule has 0 spiro atoms. The van der Waals surface area contributed by atoms with Crippen LogP contribution in [0.4, 0.5) is 23.4 Å². The van der Waals surface area contributed by atoms with E-state index >= 15 is 0 Å². The van der Waals surface area contributed by atoms with Gasteiger partial charge in [0.1, 0.15) is 17.5 Å². The van der Waals surface area contributed by atoms with Crippen molar-refractivity contribution >= 4 is 28.3 Å². The van der Waals surface area contributed by atoms with Crippen LogP contribution in [0.3, 0.4) is 0 Å². The molecule has 0 fully saturated rings. The zero-order chi connectivity index (χ0) is 26.7. The van der Waals surface area contributed by atoms with Gasteiger partial charge in [-0.05, 0) is 38.8 Å². The summed E-state index contributed by atoms with van der Waals surface area (Å²) in [5.41, 5.74) is 1.31. The van der Waals surface area contributed by atoms with E-state index < -0.39 is 36.4 Å². The van der Waals surface area contributed by atoms with Crippen LogP contribution >= 0.6 is 0 Å². The third-order valence-electron chi connectivity index (χ3n) is 6.18. The van der Waals surface area contributed by atoms with Crippen LogP contribution in [0, 0.1) is 12.7 Å². The lowest BCUT2D eigenvalue weighted by Crippen LogP contribution is -2.35. The zero-order valence-corrected chi connectivity index (χ0v) is 20.7. The minimum atomic E-state index is -2.93. The maximum atomic E-state index is 14.8. The van der Waals surface area contributed by atoms with Crippen molar-refractivity contribution in [3.05, 3.63) is 58.7 Å². The lowest BCUT2D eigenvalue weighted by Gasteiger charge is -2.26. The van der Waals surface area contributed by atoms with E-state index in [1.54, 1.807) is 13.8 Å². The molecule has 7 nitrogen and oxygen atoms in total. The molecule has 196 valence electrons. The molecule has 0 saturated carbocycles. The molecular weight excluding hydrogens is 490 g/mol. The molecule has 2 aromatic heterocycles. The number of nitrogens with zero attached hydrogens (tertiary/aromatic N) is 4. The lowest BCUT2D eigenvalue weighted by atomic mass is 9.99. The minimum absolute atomic E-state index is 0.0777. The molecule has 0 saturated heterocycles. The number of nitrogens with one attached hydrogen (secondary N) is 1. The Hall–Kier alpha value is -3.76. The Morgan fingerprint density at radius 3 is 2.62 bits per heavy atom. The van der Waals surface area contributed by atoms with Crippen molar-refractivity contribution in [3.8, 4) is 5.88 Å². The summed E-state index contributed by atoms with van der Waals surface area (Å²) in [7, 11) is 0. The maximum Gasteiger partial charge on any atom is 0.266 e. The molecule has 11 heteroatoms. The number of halogens is 4. The van der Waals surface area contributed by atoms with Crippen molar-refractivity contribution in [1.82, 2.24) is 19.9 Å². The van der Waals surface area contributed by atoms with Crippen LogP contribution in [0.2, 0.25) is 0 Å². The number of hydrogen-bond donors (Lipinski definition) is 1. The van der Waals surface area contributed by atoms with Crippen molar-refractivity contribution in [2.45, 2.75) is 39.7 Å². The van der Waals surface area contributed by atoms with E-state index in [0.717, 1.165) is 11.6 Å². The Morgan fingerprint density at radius 1 is 1.22 bits per heavy atom. The molecule has 1 aliphatic heterocycles. The molecule has 1 aromatic carbocycles. The first-order chi connectivity index (χ1) is 17.7. The van der Waals surface area contributed by atoms with Crippen molar-refractivity contribution < 1.29 is 27.1 Å². The largest absolute Gasteiger partial charge is 0.477 e. The highest BCUT2D eigenvalue weighted by Crippen LogP contribution is 2.35. The van der Waals surface area contributed by atoms with E-state index in [0.29, 0.717) is 53.7 Å². The Bertz CT molecular complexity index is 1350. The van der Waals surface area contributed by atoms with Gasteiger partial charge < -0.3 is 15.0 Å². The molecule has 0 radical (unpaired) electrons. The number of amides is 1. The number of ether oxygens (including phenoxy) is 1. The number of hydrogen-bond acceptors (Lipinski definition) is 6. The summed E-state index contributed by atoms with van der Waals surface area (Å²) in [6, 6.07) is 5.02. The Labute approximate surface area is 211 Å². The molecule has 1 amide bonds. The SMILES string of the molecule is CCOc1nc2nc(C)nc(N[C@H](C)c3cccc(C(F)F)c3F)c2cc1C1=CCN(C(=O)CF)CC1. The van der Waals surface area contributed by atoms with E-state index in [1.165, 1.54) is 17.0 Å². The van der Waals surface area contributed by atoms with Crippen LogP contribution < -0.4 is 10.1 Å². The maximum absolute atomic E-state index is 14.8. The van der Waals surface area contributed by atoms with E-state index in [1.807, 2.05) is 19.1 Å². The standard InChI is InChI=1S/C26H27F4N5O2/c1-4-37-26-19(16-8-10-35(11-9-16)21(36)13-27)12-20-24(32-15(3)33-25(20)34-26)31-14(2)17-6-5-7-18(22(17)28)23(29)30/h5-8,12,14,23H,4,9-11,13H2,1-3H3,(H,31,32,33,34)/t14-/m1/s1. The fraction of sp³-hybridized carbons (Fsp3) is 0.385. The van der Waals surface area contributed by atoms with Gasteiger partial charge in [-0.15, -0.1) is 0 Å². The Morgan fingerprint density at radius 2 is 1.97 bits per heavy atom. The molecule has 0 unspecified atom stereocenters. The van der Waals surface area contributed by atoms with Crippen molar-refractivity contribution in [3.63, 3.8) is 0 Å². The first-order valence-electron chi connectivity index (χ1n) is 11.9. The smallest absolute Gasteiger partial charge is 0.266 e. The van der Waals surface area contributed by atoms with Gasteiger partial charge in [-0.1, -0.05) is 24.3 Å². The summed E-state index contributed by atoms with van der Waals surface area (Å²) < 4.78 is 59.8. The van der Waals surface area contributed by atoms with Gasteiger partial charge in [-0.2, -0.15) is 4.98 Å². The molecule has 1 aliphatic rings. The van der Waals surface area contributed by atoms with Gasteiger partial charge >= 0.3 is 0 Å². The molecule has 37 heavy (non-hydrogen) atoms. The average molecular weight is 518 g/mol. The summed E-state index contributed by atoms with van der Waals surface area (Å²) in [5, 5.41) is 3.66. The number of alkyl halides is 3. The quantitative estimate of drug-likeness (QED) is 0.394. The monoisotopic (exact) mass is 517 g/mol. The number of anilines is 1. The van der Waals surface area contributed by atoms with Crippen molar-refractivity contribution in [1.29, 1.82) is 0 Å². The molecular formula is C26H27F4N5O2. The zero-order valence-electron chi connectivity index (χ0n) is 20.7. The third-order valence-corrected chi connectivity index (χ3v) is 6.18. The van der Waals surface area contributed by atoms with Crippen LogP contribution in [0.15, 0.2) is 30.3 Å². The van der Waals surface area contributed by atoms with Crippen LogP contribution in [0.1, 0.15) is 55.3 Å². The second-order valence-electron chi connectivity index (χ2n) is 8.63. The van der Waals surface area contributed by atoms with Gasteiger partial charge in [0.05, 0.1) is 23.6 Å². The first-order valence-corrected chi connectivity index (χ1v) is 11.9. The number of benzene rings is 1. The highest BCUT2D eigenvalue weighted by molar-refractivity contribution is 5.91. The minimum Gasteiger partial charge on any atom is -0.477 e. The summed E-state index contributed by atoms with van der Waals surface area (Å²) in [4.78, 5) is 26.6. The number of carbonyl (C=O) groups is 1.